The first-order chi connectivity index (χ1) is 9.38. The van der Waals surface area contributed by atoms with Gasteiger partial charge in [0.25, 0.3) is 0 Å². The molecule has 2 heterocycles. The molecule has 1 fully saturated rings. The van der Waals surface area contributed by atoms with Crippen LogP contribution in [0.25, 0.3) is 0 Å². The van der Waals surface area contributed by atoms with E-state index in [4.69, 9.17) is 12.2 Å². The fourth-order valence-corrected chi connectivity index (χ4v) is 3.43. The van der Waals surface area contributed by atoms with Crippen LogP contribution in [0.5, 0.6) is 0 Å². The molecule has 1 N–H and O–H groups in total. The molecular weight excluding hydrogens is 336 g/mol. The minimum absolute atomic E-state index is 0.402. The lowest BCUT2D eigenvalue weighted by atomic mass is 10.1. The second-order valence-electron chi connectivity index (χ2n) is 5.97. The molecule has 0 radical (unpaired) electrons. The van der Waals surface area contributed by atoms with Crippen molar-refractivity contribution < 1.29 is 0 Å². The van der Waals surface area contributed by atoms with E-state index in [9.17, 15) is 0 Å². The minimum Gasteiger partial charge on any atom is -0.346 e. The number of rotatable bonds is 3. The van der Waals surface area contributed by atoms with Gasteiger partial charge in [0.2, 0.25) is 0 Å². The number of nitrogens with one attached hydrogen (secondary N) is 1. The van der Waals surface area contributed by atoms with Gasteiger partial charge in [0.05, 0.1) is 4.47 Å². The van der Waals surface area contributed by atoms with Crippen LogP contribution in [-0.4, -0.2) is 59.5 Å². The van der Waals surface area contributed by atoms with E-state index in [2.05, 4.69) is 63.6 Å². The summed E-state index contributed by atoms with van der Waals surface area (Å²) in [5.74, 6) is 1.40. The Morgan fingerprint density at radius 1 is 1.40 bits per heavy atom. The fourth-order valence-electron chi connectivity index (χ4n) is 2.56. The van der Waals surface area contributed by atoms with E-state index in [1.807, 2.05) is 0 Å². The lowest BCUT2D eigenvalue weighted by Crippen LogP contribution is -2.51. The topological polar surface area (TPSA) is 35.2 Å². The quantitative estimate of drug-likeness (QED) is 0.842. The van der Waals surface area contributed by atoms with E-state index in [0.29, 0.717) is 16.6 Å². The molecule has 112 valence electrons. The van der Waals surface area contributed by atoms with Crippen molar-refractivity contribution in [3.8, 4) is 0 Å². The van der Waals surface area contributed by atoms with Crippen LogP contribution in [0.1, 0.15) is 31.3 Å². The van der Waals surface area contributed by atoms with Crippen molar-refractivity contribution >= 4 is 28.1 Å². The van der Waals surface area contributed by atoms with Crippen molar-refractivity contribution in [2.24, 2.45) is 0 Å². The standard InChI is InChI=1S/C14H23BrN4S/c1-9(2)13-12(15)14(20)17-11(16-13)7-10-8-18(3)5-6-19(10)4/h9-10H,5-8H2,1-4H3,(H,16,17,20). The lowest BCUT2D eigenvalue weighted by Gasteiger charge is -2.37. The van der Waals surface area contributed by atoms with Gasteiger partial charge in [-0.25, -0.2) is 4.98 Å². The molecule has 1 aromatic rings. The summed E-state index contributed by atoms with van der Waals surface area (Å²) in [6.45, 7) is 7.64. The second kappa shape index (κ2) is 6.64. The molecule has 0 bridgehead atoms. The van der Waals surface area contributed by atoms with E-state index >= 15 is 0 Å². The van der Waals surface area contributed by atoms with E-state index in [-0.39, 0.29) is 0 Å². The number of H-pyrrole nitrogens is 1. The molecule has 1 saturated heterocycles. The average Bonchev–Trinajstić information content (AvgIpc) is 2.37. The Balaban J connectivity index is 2.23. The molecule has 20 heavy (non-hydrogen) atoms. The van der Waals surface area contributed by atoms with Crippen LogP contribution >= 0.6 is 28.1 Å². The summed E-state index contributed by atoms with van der Waals surface area (Å²) < 4.78 is 1.59. The third-order valence-corrected chi connectivity index (χ3v) is 5.29. The SMILES string of the molecule is CC(C)c1[nH]c(CC2CN(C)CCN2C)nc(=S)c1Br. The van der Waals surface area contributed by atoms with Crippen molar-refractivity contribution in [1.29, 1.82) is 0 Å². The van der Waals surface area contributed by atoms with E-state index in [1.54, 1.807) is 0 Å². The summed E-state index contributed by atoms with van der Waals surface area (Å²) in [5.41, 5.74) is 1.15. The van der Waals surface area contributed by atoms with Gasteiger partial charge in [-0.2, -0.15) is 0 Å². The van der Waals surface area contributed by atoms with Gasteiger partial charge < -0.3 is 14.8 Å². The van der Waals surface area contributed by atoms with Gasteiger partial charge in [0.15, 0.2) is 0 Å². The van der Waals surface area contributed by atoms with Gasteiger partial charge in [-0.15, -0.1) is 0 Å². The van der Waals surface area contributed by atoms with Gasteiger partial charge in [0, 0.05) is 37.8 Å². The number of piperazine rings is 1. The molecule has 1 aliphatic rings. The molecule has 1 aliphatic heterocycles. The zero-order valence-corrected chi connectivity index (χ0v) is 15.0. The van der Waals surface area contributed by atoms with Crippen LogP contribution in [0.3, 0.4) is 0 Å². The van der Waals surface area contributed by atoms with Crippen LogP contribution < -0.4 is 0 Å². The average molecular weight is 359 g/mol. The van der Waals surface area contributed by atoms with Crippen molar-refractivity contribution in [2.45, 2.75) is 32.2 Å². The molecule has 4 nitrogen and oxygen atoms in total. The Labute approximate surface area is 134 Å². The van der Waals surface area contributed by atoms with Gasteiger partial charge in [-0.05, 0) is 35.9 Å². The third kappa shape index (κ3) is 3.67. The van der Waals surface area contributed by atoms with E-state index < -0.39 is 0 Å². The van der Waals surface area contributed by atoms with Crippen molar-refractivity contribution in [1.82, 2.24) is 19.8 Å². The number of hydrogen-bond acceptors (Lipinski definition) is 4. The molecule has 6 heteroatoms. The Morgan fingerprint density at radius 3 is 2.75 bits per heavy atom. The molecule has 0 aromatic carbocycles. The predicted molar refractivity (Wildman–Crippen MR) is 88.8 cm³/mol. The molecular formula is C14H23BrN4S. The Bertz CT molecular complexity index is 528. The van der Waals surface area contributed by atoms with Crippen LogP contribution in [-0.2, 0) is 6.42 Å². The maximum atomic E-state index is 5.37. The van der Waals surface area contributed by atoms with Crippen molar-refractivity contribution in [2.75, 3.05) is 33.7 Å². The fraction of sp³-hybridized carbons (Fsp3) is 0.714. The summed E-state index contributed by atoms with van der Waals surface area (Å²) in [5, 5.41) is 0. The number of likely N-dealkylation sites (N-methyl/N-ethyl adjacent to an activating group) is 2. The summed E-state index contributed by atoms with van der Waals surface area (Å²) in [6.07, 6.45) is 0.914. The number of aromatic nitrogens is 2. The monoisotopic (exact) mass is 358 g/mol. The molecule has 0 saturated carbocycles. The minimum atomic E-state index is 0.402. The Morgan fingerprint density at radius 2 is 2.10 bits per heavy atom. The summed E-state index contributed by atoms with van der Waals surface area (Å²) in [6, 6.07) is 0.494. The normalized spacial score (nSPS) is 21.6. The number of halogens is 1. The summed E-state index contributed by atoms with van der Waals surface area (Å²) in [4.78, 5) is 12.8. The highest BCUT2D eigenvalue weighted by atomic mass is 79.9. The van der Waals surface area contributed by atoms with Gasteiger partial charge in [0.1, 0.15) is 10.5 Å². The highest BCUT2D eigenvalue weighted by Crippen LogP contribution is 2.23. The second-order valence-corrected chi connectivity index (χ2v) is 7.15. The third-order valence-electron chi connectivity index (χ3n) is 3.93. The first kappa shape index (κ1) is 16.1. The molecule has 1 aromatic heterocycles. The molecule has 0 amide bonds. The van der Waals surface area contributed by atoms with Crippen molar-refractivity contribution in [3.05, 3.63) is 20.6 Å². The Hall–Kier alpha value is -0.300. The predicted octanol–water partition coefficient (Wildman–Crippen LogP) is 2.81. The van der Waals surface area contributed by atoms with Gasteiger partial charge in [-0.3, -0.25) is 0 Å². The highest BCUT2D eigenvalue weighted by Gasteiger charge is 2.23. The highest BCUT2D eigenvalue weighted by molar-refractivity contribution is 9.10. The van der Waals surface area contributed by atoms with Crippen LogP contribution in [0.15, 0.2) is 4.47 Å². The Kier molecular flexibility index (Phi) is 5.34. The molecule has 0 spiro atoms. The smallest absolute Gasteiger partial charge is 0.144 e. The maximum absolute atomic E-state index is 5.37. The van der Waals surface area contributed by atoms with Crippen LogP contribution in [0, 0.1) is 4.64 Å². The van der Waals surface area contributed by atoms with E-state index in [1.165, 1.54) is 0 Å². The van der Waals surface area contributed by atoms with E-state index in [0.717, 1.165) is 42.0 Å². The van der Waals surface area contributed by atoms with Crippen LogP contribution in [0.2, 0.25) is 0 Å². The van der Waals surface area contributed by atoms with Crippen molar-refractivity contribution in [3.63, 3.8) is 0 Å². The zero-order valence-electron chi connectivity index (χ0n) is 12.6. The number of hydrogen-bond donors (Lipinski definition) is 1. The number of nitrogens with zero attached hydrogens (tertiary/aromatic N) is 3. The lowest BCUT2D eigenvalue weighted by molar-refractivity contribution is 0.113. The molecule has 1 atom stereocenters. The number of aromatic amines is 1. The zero-order chi connectivity index (χ0) is 14.9. The molecule has 2 rings (SSSR count). The summed E-state index contributed by atoms with van der Waals surface area (Å²) in [7, 11) is 4.37. The maximum Gasteiger partial charge on any atom is 0.144 e. The van der Waals surface area contributed by atoms with Crippen LogP contribution in [0.4, 0.5) is 0 Å². The summed E-state index contributed by atoms with van der Waals surface area (Å²) >= 11 is 8.91. The molecule has 0 aliphatic carbocycles. The van der Waals surface area contributed by atoms with Gasteiger partial charge in [-0.1, -0.05) is 26.1 Å². The first-order valence-corrected chi connectivity index (χ1v) is 8.26. The largest absolute Gasteiger partial charge is 0.346 e. The molecule has 1 unspecified atom stereocenters. The first-order valence-electron chi connectivity index (χ1n) is 7.06. The van der Waals surface area contributed by atoms with Gasteiger partial charge >= 0.3 is 0 Å².